The first-order chi connectivity index (χ1) is 5.75. The maximum Gasteiger partial charge on any atom is 0.369 e. The molecule has 0 fully saturated rings. The SMILES string of the molecule is FC(F)(Br)C(F)(F)C(F)(I)C(F)(F)Br. The van der Waals surface area contributed by atoms with Crippen LogP contribution in [0, 0.1) is 0 Å². The summed E-state index contributed by atoms with van der Waals surface area (Å²) in [7, 11) is 0. The fourth-order valence-electron chi connectivity index (χ4n) is 0.356. The Bertz CT molecular complexity index is 193. The van der Waals surface area contributed by atoms with E-state index in [1.807, 2.05) is 0 Å². The molecule has 0 bridgehead atoms. The zero-order valence-electron chi connectivity index (χ0n) is 5.78. The molecule has 0 aromatic heterocycles. The standard InChI is InChI=1S/C4Br2F7I/c5-3(10,11)1(7,8)2(9,14)4(6,12)13. The Balaban J connectivity index is 5.30. The molecular formula is C4Br2F7I. The molecule has 0 heterocycles. The van der Waals surface area contributed by atoms with E-state index in [1.165, 1.54) is 15.9 Å². The number of halogens is 10. The molecule has 0 rings (SSSR count). The van der Waals surface area contributed by atoms with Crippen LogP contribution in [0.2, 0.25) is 0 Å². The Kier molecular flexibility index (Phi) is 4.23. The van der Waals surface area contributed by atoms with Crippen LogP contribution in [0.1, 0.15) is 0 Å². The van der Waals surface area contributed by atoms with Gasteiger partial charge in [-0.1, -0.05) is 0 Å². The van der Waals surface area contributed by atoms with Gasteiger partial charge in [0.2, 0.25) is 0 Å². The summed E-state index contributed by atoms with van der Waals surface area (Å²) in [6.45, 7) is 0. The summed E-state index contributed by atoms with van der Waals surface area (Å²) >= 11 is 2.35. The van der Waals surface area contributed by atoms with E-state index in [9.17, 15) is 30.7 Å². The molecule has 0 saturated carbocycles. The molecule has 0 aliphatic rings. The largest absolute Gasteiger partial charge is 0.369 e. The van der Waals surface area contributed by atoms with E-state index in [1.54, 1.807) is 0 Å². The minimum atomic E-state index is -5.58. The fraction of sp³-hybridized carbons (Fsp3) is 1.00. The highest BCUT2D eigenvalue weighted by Crippen LogP contribution is 2.58. The normalized spacial score (nSPS) is 19.3. The summed E-state index contributed by atoms with van der Waals surface area (Å²) in [5.41, 5.74) is 0. The van der Waals surface area contributed by atoms with Gasteiger partial charge in [0.15, 0.2) is 0 Å². The number of alkyl halides is 10. The minimum absolute atomic E-state index is 0.0731. The van der Waals surface area contributed by atoms with Gasteiger partial charge in [-0.05, 0) is 54.5 Å². The summed E-state index contributed by atoms with van der Waals surface area (Å²) in [6.07, 6.45) is 0. The van der Waals surface area contributed by atoms with Crippen molar-refractivity contribution in [2.75, 3.05) is 0 Å². The molecule has 10 heteroatoms. The maximum atomic E-state index is 12.8. The summed E-state index contributed by atoms with van der Waals surface area (Å²) in [4.78, 5) is -9.87. The van der Waals surface area contributed by atoms with Gasteiger partial charge in [0.25, 0.3) is 0 Å². The van der Waals surface area contributed by atoms with E-state index in [-0.39, 0.29) is 22.6 Å². The second-order valence-corrected chi connectivity index (χ2v) is 5.62. The van der Waals surface area contributed by atoms with Crippen molar-refractivity contribution >= 4 is 54.5 Å². The van der Waals surface area contributed by atoms with Crippen LogP contribution in [-0.2, 0) is 0 Å². The van der Waals surface area contributed by atoms with Gasteiger partial charge in [0.1, 0.15) is 0 Å². The Morgan fingerprint density at radius 1 is 0.714 bits per heavy atom. The van der Waals surface area contributed by atoms with Gasteiger partial charge in [-0.25, -0.2) is 4.39 Å². The van der Waals surface area contributed by atoms with E-state index in [0.717, 1.165) is 15.9 Å². The molecule has 0 aromatic carbocycles. The molecule has 0 N–H and O–H groups in total. The van der Waals surface area contributed by atoms with Gasteiger partial charge in [-0.15, -0.1) is 0 Å². The van der Waals surface area contributed by atoms with E-state index < -0.39 is 19.3 Å². The second-order valence-electron chi connectivity index (χ2n) is 2.14. The Labute approximate surface area is 104 Å². The molecule has 0 aliphatic carbocycles. The van der Waals surface area contributed by atoms with E-state index in [2.05, 4.69) is 0 Å². The van der Waals surface area contributed by atoms with Crippen LogP contribution >= 0.6 is 54.5 Å². The lowest BCUT2D eigenvalue weighted by Crippen LogP contribution is -2.57. The predicted octanol–water partition coefficient (Wildman–Crippen LogP) is 4.70. The first-order valence-corrected chi connectivity index (χ1v) is 5.30. The summed E-state index contributed by atoms with van der Waals surface area (Å²) in [5.74, 6) is -5.58. The summed E-state index contributed by atoms with van der Waals surface area (Å²) in [5, 5.41) is 0. The molecule has 0 aliphatic heterocycles. The third-order valence-corrected chi connectivity index (χ3v) is 4.25. The average molecular weight is 468 g/mol. The van der Waals surface area contributed by atoms with E-state index in [4.69, 9.17) is 0 Å². The molecule has 86 valence electrons. The zero-order chi connectivity index (χ0) is 12.0. The van der Waals surface area contributed by atoms with Crippen molar-refractivity contribution in [2.45, 2.75) is 19.3 Å². The van der Waals surface area contributed by atoms with Crippen molar-refractivity contribution in [3.05, 3.63) is 0 Å². The van der Waals surface area contributed by atoms with Gasteiger partial charge in [0.05, 0.1) is 0 Å². The van der Waals surface area contributed by atoms with E-state index >= 15 is 0 Å². The molecular weight excluding hydrogens is 468 g/mol. The van der Waals surface area contributed by atoms with Gasteiger partial charge in [0, 0.05) is 0 Å². The predicted molar refractivity (Wildman–Crippen MR) is 50.6 cm³/mol. The highest BCUT2D eigenvalue weighted by Gasteiger charge is 2.77. The zero-order valence-corrected chi connectivity index (χ0v) is 11.1. The van der Waals surface area contributed by atoms with Crippen LogP contribution in [0.3, 0.4) is 0 Å². The maximum absolute atomic E-state index is 12.8. The van der Waals surface area contributed by atoms with Gasteiger partial charge < -0.3 is 0 Å². The van der Waals surface area contributed by atoms with Crippen LogP contribution in [0.25, 0.3) is 0 Å². The molecule has 0 radical (unpaired) electrons. The molecule has 1 atom stereocenters. The monoisotopic (exact) mass is 466 g/mol. The third kappa shape index (κ3) is 2.47. The van der Waals surface area contributed by atoms with Crippen LogP contribution in [0.4, 0.5) is 30.7 Å². The first-order valence-electron chi connectivity index (χ1n) is 2.64. The van der Waals surface area contributed by atoms with Crippen LogP contribution in [0.15, 0.2) is 0 Å². The van der Waals surface area contributed by atoms with Crippen molar-refractivity contribution in [1.82, 2.24) is 0 Å². The Hall–Kier alpha value is 1.20. The first kappa shape index (κ1) is 15.2. The number of hydrogen-bond acceptors (Lipinski definition) is 0. The lowest BCUT2D eigenvalue weighted by molar-refractivity contribution is -0.225. The topological polar surface area (TPSA) is 0 Å². The number of rotatable bonds is 3. The highest BCUT2D eigenvalue weighted by molar-refractivity contribution is 14.1. The molecule has 1 unspecified atom stereocenters. The number of hydrogen-bond donors (Lipinski definition) is 0. The van der Waals surface area contributed by atoms with Crippen molar-refractivity contribution in [2.24, 2.45) is 0 Å². The quantitative estimate of drug-likeness (QED) is 0.321. The van der Waals surface area contributed by atoms with Gasteiger partial charge >= 0.3 is 19.3 Å². The lowest BCUT2D eigenvalue weighted by atomic mass is 10.2. The molecule has 0 amide bonds. The Morgan fingerprint density at radius 3 is 1.07 bits per heavy atom. The summed E-state index contributed by atoms with van der Waals surface area (Å²) in [6, 6.07) is 0. The highest BCUT2D eigenvalue weighted by atomic mass is 127. The Morgan fingerprint density at radius 2 is 1.00 bits per heavy atom. The van der Waals surface area contributed by atoms with Crippen molar-refractivity contribution in [1.29, 1.82) is 0 Å². The second kappa shape index (κ2) is 3.90. The molecule has 14 heavy (non-hydrogen) atoms. The van der Waals surface area contributed by atoms with E-state index in [0.29, 0.717) is 0 Å². The molecule has 0 nitrogen and oxygen atoms in total. The molecule has 0 aromatic rings. The van der Waals surface area contributed by atoms with Crippen molar-refractivity contribution in [3.63, 3.8) is 0 Å². The van der Waals surface area contributed by atoms with Crippen LogP contribution < -0.4 is 0 Å². The summed E-state index contributed by atoms with van der Waals surface area (Å²) < 4.78 is 81.7. The lowest BCUT2D eigenvalue weighted by Gasteiger charge is -2.33. The van der Waals surface area contributed by atoms with Crippen LogP contribution in [-0.4, -0.2) is 19.3 Å². The van der Waals surface area contributed by atoms with Crippen molar-refractivity contribution < 1.29 is 30.7 Å². The van der Waals surface area contributed by atoms with Gasteiger partial charge in [-0.3, -0.25) is 0 Å². The smallest absolute Gasteiger partial charge is 0.217 e. The molecule has 0 spiro atoms. The average Bonchev–Trinajstić information content (AvgIpc) is 1.81. The van der Waals surface area contributed by atoms with Crippen LogP contribution in [0.5, 0.6) is 0 Å². The minimum Gasteiger partial charge on any atom is -0.217 e. The van der Waals surface area contributed by atoms with Gasteiger partial charge in [-0.2, -0.15) is 26.3 Å². The molecule has 0 saturated heterocycles. The third-order valence-electron chi connectivity index (χ3n) is 1.11. The fourth-order valence-corrected chi connectivity index (χ4v) is 1.59. The van der Waals surface area contributed by atoms with Crippen molar-refractivity contribution in [3.8, 4) is 0 Å².